The number of ether oxygens (including phenoxy) is 1. The second-order valence-electron chi connectivity index (χ2n) is 8.11. The van der Waals surface area contributed by atoms with Crippen LogP contribution in [-0.2, 0) is 19.9 Å². The molecule has 1 N–H and O–H groups in total. The fourth-order valence-corrected chi connectivity index (χ4v) is 4.40. The number of carbonyl (C=O) groups excluding carboxylic acids is 1. The van der Waals surface area contributed by atoms with Gasteiger partial charge in [-0.3, -0.25) is 14.3 Å². The van der Waals surface area contributed by atoms with Gasteiger partial charge in [0.05, 0.1) is 18.5 Å². The van der Waals surface area contributed by atoms with Crippen LogP contribution in [0.2, 0.25) is 0 Å². The minimum atomic E-state index is -0.456. The van der Waals surface area contributed by atoms with E-state index in [0.29, 0.717) is 17.9 Å². The zero-order chi connectivity index (χ0) is 23.1. The van der Waals surface area contributed by atoms with Gasteiger partial charge in [0.25, 0.3) is 11.5 Å². The van der Waals surface area contributed by atoms with E-state index in [2.05, 4.69) is 10.5 Å². The van der Waals surface area contributed by atoms with E-state index in [1.165, 1.54) is 4.68 Å². The Labute approximate surface area is 190 Å². The van der Waals surface area contributed by atoms with Crippen molar-refractivity contribution in [1.29, 1.82) is 0 Å². The van der Waals surface area contributed by atoms with Crippen LogP contribution in [0.1, 0.15) is 33.7 Å². The molecule has 0 bridgehead atoms. The number of amides is 1. The van der Waals surface area contributed by atoms with Gasteiger partial charge in [-0.2, -0.15) is 0 Å². The number of aryl methyl sites for hydroxylation is 1. The molecule has 2 aromatic heterocycles. The predicted molar refractivity (Wildman–Crippen MR) is 124 cm³/mol. The van der Waals surface area contributed by atoms with Crippen molar-refractivity contribution in [3.63, 3.8) is 0 Å². The van der Waals surface area contributed by atoms with Crippen LogP contribution in [0.5, 0.6) is 5.75 Å². The van der Waals surface area contributed by atoms with Gasteiger partial charge in [0.15, 0.2) is 11.5 Å². The highest BCUT2D eigenvalue weighted by Crippen LogP contribution is 2.36. The molecule has 4 aromatic rings. The van der Waals surface area contributed by atoms with Crippen LogP contribution in [0, 0.1) is 6.92 Å². The van der Waals surface area contributed by atoms with Crippen molar-refractivity contribution in [2.45, 2.75) is 26.2 Å². The molecule has 8 nitrogen and oxygen atoms in total. The molecule has 0 saturated heterocycles. The van der Waals surface area contributed by atoms with E-state index in [9.17, 15) is 9.59 Å². The van der Waals surface area contributed by atoms with Gasteiger partial charge in [-0.25, -0.2) is 4.68 Å². The summed E-state index contributed by atoms with van der Waals surface area (Å²) in [5, 5.41) is 6.88. The predicted octanol–water partition coefficient (Wildman–Crippen LogP) is 3.89. The summed E-state index contributed by atoms with van der Waals surface area (Å²) in [6, 6.07) is 15.1. The summed E-state index contributed by atoms with van der Waals surface area (Å²) in [4.78, 5) is 26.4. The number of nitrogens with one attached hydrogen (secondary N) is 1. The lowest BCUT2D eigenvalue weighted by molar-refractivity contribution is 0.101. The average molecular weight is 444 g/mol. The van der Waals surface area contributed by atoms with Crippen molar-refractivity contribution in [2.24, 2.45) is 7.05 Å². The first-order chi connectivity index (χ1) is 16.0. The Bertz CT molecular complexity index is 1410. The van der Waals surface area contributed by atoms with Crippen molar-refractivity contribution < 1.29 is 14.1 Å². The normalized spacial score (nSPS) is 12.6. The maximum atomic E-state index is 13.2. The monoisotopic (exact) mass is 444 g/mol. The number of carbonyl (C=O) groups is 1. The minimum Gasteiger partial charge on any atom is -0.497 e. The number of hydrogen-bond donors (Lipinski definition) is 1. The second kappa shape index (κ2) is 8.12. The number of para-hydroxylation sites is 1. The summed E-state index contributed by atoms with van der Waals surface area (Å²) in [7, 11) is 3.42. The topological polar surface area (TPSA) is 91.3 Å². The van der Waals surface area contributed by atoms with Gasteiger partial charge in [-0.15, -0.1) is 0 Å². The fraction of sp³-hybridized carbons (Fsp3) is 0.240. The largest absolute Gasteiger partial charge is 0.497 e. The lowest BCUT2D eigenvalue weighted by atomic mass is 10.0. The minimum absolute atomic E-state index is 0.211. The number of fused-ring (bicyclic) bond motifs is 3. The molecule has 0 spiro atoms. The van der Waals surface area contributed by atoms with Gasteiger partial charge in [0.2, 0.25) is 0 Å². The average Bonchev–Trinajstić information content (AvgIpc) is 3.27. The SMILES string of the molecule is COc1ccc2c(c1)CCCc1c(C(=O)Nc3c(C)n(C)n(-c4ccccc4)c3=O)noc1-2. The van der Waals surface area contributed by atoms with E-state index >= 15 is 0 Å². The van der Waals surface area contributed by atoms with Crippen LogP contribution in [0.4, 0.5) is 5.69 Å². The van der Waals surface area contributed by atoms with E-state index in [0.717, 1.165) is 41.0 Å². The fourth-order valence-electron chi connectivity index (χ4n) is 4.40. The summed E-state index contributed by atoms with van der Waals surface area (Å²) >= 11 is 0. The summed E-state index contributed by atoms with van der Waals surface area (Å²) in [6.45, 7) is 1.80. The Morgan fingerprint density at radius 3 is 2.70 bits per heavy atom. The lowest BCUT2D eigenvalue weighted by Crippen LogP contribution is -2.23. The van der Waals surface area contributed by atoms with Gasteiger partial charge >= 0.3 is 0 Å². The molecule has 2 aromatic carbocycles. The quantitative estimate of drug-likeness (QED) is 0.516. The molecular weight excluding hydrogens is 420 g/mol. The van der Waals surface area contributed by atoms with E-state index in [1.807, 2.05) is 48.5 Å². The molecule has 1 aliphatic carbocycles. The summed E-state index contributed by atoms with van der Waals surface area (Å²) in [5.41, 5.74) is 4.26. The molecule has 0 unspecified atom stereocenters. The molecule has 0 saturated carbocycles. The van der Waals surface area contributed by atoms with Crippen LogP contribution in [-0.4, -0.2) is 27.5 Å². The van der Waals surface area contributed by atoms with Crippen LogP contribution in [0.3, 0.4) is 0 Å². The highest BCUT2D eigenvalue weighted by molar-refractivity contribution is 6.05. The third-order valence-electron chi connectivity index (χ3n) is 6.23. The van der Waals surface area contributed by atoms with E-state index in [4.69, 9.17) is 9.26 Å². The number of nitrogens with zero attached hydrogens (tertiary/aromatic N) is 3. The maximum absolute atomic E-state index is 13.2. The summed E-state index contributed by atoms with van der Waals surface area (Å²) in [6.07, 6.45) is 2.35. The van der Waals surface area contributed by atoms with Crippen molar-refractivity contribution >= 4 is 11.6 Å². The van der Waals surface area contributed by atoms with Crippen molar-refractivity contribution in [1.82, 2.24) is 14.5 Å². The number of benzene rings is 2. The molecular formula is C25H24N4O4. The maximum Gasteiger partial charge on any atom is 0.295 e. The van der Waals surface area contributed by atoms with Crippen LogP contribution >= 0.6 is 0 Å². The Morgan fingerprint density at radius 2 is 1.94 bits per heavy atom. The lowest BCUT2D eigenvalue weighted by Gasteiger charge is -2.07. The van der Waals surface area contributed by atoms with Gasteiger partial charge in [-0.1, -0.05) is 23.4 Å². The van der Waals surface area contributed by atoms with E-state index < -0.39 is 5.91 Å². The van der Waals surface area contributed by atoms with E-state index in [1.54, 1.807) is 25.8 Å². The first-order valence-electron chi connectivity index (χ1n) is 10.8. The molecule has 0 fully saturated rings. The Kier molecular flexibility index (Phi) is 5.12. The second-order valence-corrected chi connectivity index (χ2v) is 8.11. The molecule has 0 radical (unpaired) electrons. The zero-order valence-corrected chi connectivity index (χ0v) is 18.7. The third-order valence-corrected chi connectivity index (χ3v) is 6.23. The number of aromatic nitrogens is 3. The van der Waals surface area contributed by atoms with Crippen LogP contribution in [0.25, 0.3) is 17.0 Å². The molecule has 8 heteroatoms. The summed E-state index contributed by atoms with van der Waals surface area (Å²) in [5.74, 6) is 0.925. The Hall–Kier alpha value is -4.07. The zero-order valence-electron chi connectivity index (χ0n) is 18.7. The van der Waals surface area contributed by atoms with Gasteiger partial charge in [0.1, 0.15) is 11.4 Å². The number of hydrogen-bond acceptors (Lipinski definition) is 5. The van der Waals surface area contributed by atoms with Gasteiger partial charge in [-0.05, 0) is 62.1 Å². The van der Waals surface area contributed by atoms with Crippen molar-refractivity contribution in [3.8, 4) is 22.8 Å². The van der Waals surface area contributed by atoms with Crippen LogP contribution < -0.4 is 15.6 Å². The molecule has 33 heavy (non-hydrogen) atoms. The molecule has 0 aliphatic heterocycles. The molecule has 2 heterocycles. The van der Waals surface area contributed by atoms with Crippen molar-refractivity contribution in [2.75, 3.05) is 12.4 Å². The molecule has 1 aliphatic rings. The Morgan fingerprint density at radius 1 is 1.15 bits per heavy atom. The highest BCUT2D eigenvalue weighted by Gasteiger charge is 2.28. The molecule has 168 valence electrons. The first kappa shape index (κ1) is 20.8. The molecule has 5 rings (SSSR count). The standard InChI is InChI=1S/C25H24N4O4/c1-15-21(25(31)29(28(15)2)17-9-5-4-6-10-17)26-24(30)22-20-11-7-8-16-14-18(32-3)12-13-19(16)23(20)33-27-22/h4-6,9-10,12-14H,7-8,11H2,1-3H3,(H,26,30). The van der Waals surface area contributed by atoms with Gasteiger partial charge < -0.3 is 14.6 Å². The smallest absolute Gasteiger partial charge is 0.295 e. The molecule has 0 atom stereocenters. The first-order valence-corrected chi connectivity index (χ1v) is 10.8. The van der Waals surface area contributed by atoms with Crippen LogP contribution in [0.15, 0.2) is 57.8 Å². The van der Waals surface area contributed by atoms with Crippen molar-refractivity contribution in [3.05, 3.63) is 81.4 Å². The Balaban J connectivity index is 1.51. The summed E-state index contributed by atoms with van der Waals surface area (Å²) < 4.78 is 14.2. The molecule has 1 amide bonds. The number of rotatable bonds is 4. The van der Waals surface area contributed by atoms with E-state index in [-0.39, 0.29) is 16.9 Å². The third kappa shape index (κ3) is 3.44. The van der Waals surface area contributed by atoms with Gasteiger partial charge in [0, 0.05) is 18.2 Å². The number of methoxy groups -OCH3 is 1. The highest BCUT2D eigenvalue weighted by atomic mass is 16.5. The number of anilines is 1.